The molecule has 3 heterocycles. The van der Waals surface area contributed by atoms with Crippen LogP contribution in [0.4, 0.5) is 0 Å². The fraction of sp³-hybridized carbons (Fsp3) is 0. The van der Waals surface area contributed by atoms with Gasteiger partial charge in [-0.05, 0) is 12.1 Å². The van der Waals surface area contributed by atoms with E-state index in [9.17, 15) is 0 Å². The lowest BCUT2D eigenvalue weighted by atomic mass is 10.2. The smallest absolute Gasteiger partial charge is 0.126 e. The molecule has 0 spiro atoms. The van der Waals surface area contributed by atoms with E-state index in [1.54, 1.807) is 22.7 Å². The van der Waals surface area contributed by atoms with Crippen LogP contribution in [0.15, 0.2) is 48.1 Å². The van der Waals surface area contributed by atoms with Crippen molar-refractivity contribution in [2.45, 2.75) is 0 Å². The summed E-state index contributed by atoms with van der Waals surface area (Å²) in [5, 5.41) is 4.56. The van der Waals surface area contributed by atoms with Crippen molar-refractivity contribution in [3.8, 4) is 10.6 Å². The molecule has 0 unspecified atom stereocenters. The Morgan fingerprint density at radius 1 is 1.00 bits per heavy atom. The Morgan fingerprint density at radius 3 is 2.89 bits per heavy atom. The lowest BCUT2D eigenvalue weighted by Crippen LogP contribution is -1.73. The molecule has 0 aliphatic carbocycles. The zero-order valence-corrected chi connectivity index (χ0v) is 11.0. The van der Waals surface area contributed by atoms with Crippen LogP contribution in [0.1, 0.15) is 0 Å². The summed E-state index contributed by atoms with van der Waals surface area (Å²) in [5.41, 5.74) is 2.21. The Balaban J connectivity index is 2.01. The summed E-state index contributed by atoms with van der Waals surface area (Å²) < 4.78 is 2.50. The highest BCUT2D eigenvalue weighted by molar-refractivity contribution is 7.22. The normalized spacial score (nSPS) is 11.3. The first-order chi connectivity index (χ1) is 8.92. The lowest BCUT2D eigenvalue weighted by molar-refractivity contribution is 1.34. The van der Waals surface area contributed by atoms with Gasteiger partial charge in [0.25, 0.3) is 0 Å². The molecule has 0 atom stereocenters. The summed E-state index contributed by atoms with van der Waals surface area (Å²) in [6, 6.07) is 10.5. The van der Waals surface area contributed by atoms with Gasteiger partial charge >= 0.3 is 0 Å². The van der Waals surface area contributed by atoms with E-state index < -0.39 is 0 Å². The number of rotatable bonds is 1. The highest BCUT2D eigenvalue weighted by Gasteiger charge is 2.10. The Labute approximate surface area is 112 Å². The summed E-state index contributed by atoms with van der Waals surface area (Å²) in [7, 11) is 0. The topological polar surface area (TPSA) is 25.8 Å². The molecule has 4 heteroatoms. The third kappa shape index (κ3) is 1.46. The van der Waals surface area contributed by atoms with Crippen LogP contribution in [0.5, 0.6) is 0 Å². The molecule has 18 heavy (non-hydrogen) atoms. The lowest BCUT2D eigenvalue weighted by Gasteiger charge is -1.92. The van der Waals surface area contributed by atoms with Crippen LogP contribution < -0.4 is 0 Å². The van der Waals surface area contributed by atoms with Crippen molar-refractivity contribution < 1.29 is 0 Å². The minimum absolute atomic E-state index is 0.979. The van der Waals surface area contributed by atoms with Crippen LogP contribution in [0.25, 0.3) is 30.9 Å². The molecule has 0 amide bonds. The minimum Gasteiger partial charge on any atom is -0.262 e. The van der Waals surface area contributed by atoms with E-state index in [0.717, 1.165) is 10.5 Å². The van der Waals surface area contributed by atoms with Gasteiger partial charge in [-0.3, -0.25) is 4.98 Å². The third-order valence-corrected chi connectivity index (χ3v) is 4.93. The molecule has 4 aromatic rings. The number of aromatic nitrogens is 2. The van der Waals surface area contributed by atoms with Gasteiger partial charge in [0.05, 0.1) is 10.9 Å². The molecule has 0 aliphatic rings. The number of pyridine rings is 1. The number of fused-ring (bicyclic) bond motifs is 2. The molecule has 0 fully saturated rings. The molecule has 0 radical (unpaired) electrons. The van der Waals surface area contributed by atoms with Crippen molar-refractivity contribution in [2.75, 3.05) is 0 Å². The summed E-state index contributed by atoms with van der Waals surface area (Å²) in [6.07, 6.45) is 3.64. The largest absolute Gasteiger partial charge is 0.262 e. The highest BCUT2D eigenvalue weighted by Crippen LogP contribution is 2.37. The van der Waals surface area contributed by atoms with Gasteiger partial charge in [0, 0.05) is 27.2 Å². The fourth-order valence-electron chi connectivity index (χ4n) is 2.04. The number of nitrogens with zero attached hydrogens (tertiary/aromatic N) is 2. The number of hydrogen-bond acceptors (Lipinski definition) is 4. The Kier molecular flexibility index (Phi) is 2.18. The highest BCUT2D eigenvalue weighted by atomic mass is 32.1. The van der Waals surface area contributed by atoms with E-state index in [-0.39, 0.29) is 0 Å². The van der Waals surface area contributed by atoms with Gasteiger partial charge in [-0.2, -0.15) is 0 Å². The van der Waals surface area contributed by atoms with E-state index in [1.807, 2.05) is 18.5 Å². The first kappa shape index (κ1) is 10.2. The average molecular weight is 268 g/mol. The molecule has 1 aromatic carbocycles. The molecule has 0 N–H and O–H groups in total. The van der Waals surface area contributed by atoms with E-state index in [1.165, 1.54) is 20.3 Å². The van der Waals surface area contributed by atoms with Gasteiger partial charge < -0.3 is 0 Å². The fourth-order valence-corrected chi connectivity index (χ4v) is 4.02. The third-order valence-electron chi connectivity index (χ3n) is 2.90. The summed E-state index contributed by atoms with van der Waals surface area (Å²) in [4.78, 5) is 8.78. The molecule has 0 bridgehead atoms. The monoisotopic (exact) mass is 268 g/mol. The van der Waals surface area contributed by atoms with Crippen molar-refractivity contribution in [1.29, 1.82) is 0 Å². The standard InChI is InChI=1S/C14H8N2S2/c1-2-4-12-9(3-1)10(8-17-12)14-16-11-7-15-6-5-13(11)18-14/h1-8H. The number of hydrogen-bond donors (Lipinski definition) is 0. The van der Waals surface area contributed by atoms with Gasteiger partial charge in [-0.1, -0.05) is 18.2 Å². The molecule has 0 saturated heterocycles. The quantitative estimate of drug-likeness (QED) is 0.505. The van der Waals surface area contributed by atoms with Crippen molar-refractivity contribution in [3.05, 3.63) is 48.1 Å². The van der Waals surface area contributed by atoms with Crippen LogP contribution in [-0.2, 0) is 0 Å². The van der Waals surface area contributed by atoms with Gasteiger partial charge in [0.1, 0.15) is 10.5 Å². The molecule has 86 valence electrons. The van der Waals surface area contributed by atoms with Crippen LogP contribution in [-0.4, -0.2) is 9.97 Å². The maximum Gasteiger partial charge on any atom is 0.126 e. The Hall–Kier alpha value is -1.78. The summed E-state index contributed by atoms with van der Waals surface area (Å²) in [5.74, 6) is 0. The Bertz CT molecular complexity index is 812. The molecule has 0 saturated carbocycles. The predicted octanol–water partition coefficient (Wildman–Crippen LogP) is 4.57. The van der Waals surface area contributed by atoms with Gasteiger partial charge in [0.15, 0.2) is 0 Å². The SMILES string of the molecule is c1ccc2c(-c3nc4cnccc4s3)csc2c1. The number of thiazole rings is 1. The predicted molar refractivity (Wildman–Crippen MR) is 78.2 cm³/mol. The second-order valence-corrected chi connectivity index (χ2v) is 5.95. The molecule has 4 rings (SSSR count). The maximum atomic E-state index is 4.67. The summed E-state index contributed by atoms with van der Waals surface area (Å²) in [6.45, 7) is 0. The van der Waals surface area contributed by atoms with Gasteiger partial charge in [-0.15, -0.1) is 22.7 Å². The molecular weight excluding hydrogens is 260 g/mol. The number of thiophene rings is 1. The van der Waals surface area contributed by atoms with E-state index in [4.69, 9.17) is 0 Å². The molecule has 3 aromatic heterocycles. The van der Waals surface area contributed by atoms with Crippen LogP contribution in [0, 0.1) is 0 Å². The molecular formula is C14H8N2S2. The zero-order chi connectivity index (χ0) is 11.9. The zero-order valence-electron chi connectivity index (χ0n) is 9.33. The first-order valence-corrected chi connectivity index (χ1v) is 7.28. The van der Waals surface area contributed by atoms with Crippen LogP contribution >= 0.6 is 22.7 Å². The van der Waals surface area contributed by atoms with Crippen molar-refractivity contribution >= 4 is 43.0 Å². The average Bonchev–Trinajstić information content (AvgIpc) is 3.02. The molecule has 2 nitrogen and oxygen atoms in total. The number of benzene rings is 1. The maximum absolute atomic E-state index is 4.67. The second kappa shape index (κ2) is 3.86. The van der Waals surface area contributed by atoms with E-state index in [0.29, 0.717) is 0 Å². The first-order valence-electron chi connectivity index (χ1n) is 5.59. The summed E-state index contributed by atoms with van der Waals surface area (Å²) >= 11 is 3.50. The van der Waals surface area contributed by atoms with Gasteiger partial charge in [0.2, 0.25) is 0 Å². The van der Waals surface area contributed by atoms with E-state index in [2.05, 4.69) is 39.6 Å². The van der Waals surface area contributed by atoms with Crippen molar-refractivity contribution in [3.63, 3.8) is 0 Å². The van der Waals surface area contributed by atoms with Crippen LogP contribution in [0.2, 0.25) is 0 Å². The molecule has 0 aliphatic heterocycles. The Morgan fingerprint density at radius 2 is 1.94 bits per heavy atom. The van der Waals surface area contributed by atoms with Crippen LogP contribution in [0.3, 0.4) is 0 Å². The second-order valence-electron chi connectivity index (χ2n) is 4.01. The van der Waals surface area contributed by atoms with Crippen molar-refractivity contribution in [2.24, 2.45) is 0 Å². The van der Waals surface area contributed by atoms with E-state index >= 15 is 0 Å². The van der Waals surface area contributed by atoms with Crippen molar-refractivity contribution in [1.82, 2.24) is 9.97 Å². The van der Waals surface area contributed by atoms with Gasteiger partial charge in [-0.25, -0.2) is 4.98 Å². The minimum atomic E-state index is 0.979.